The van der Waals surface area contributed by atoms with Crippen LogP contribution in [0.2, 0.25) is 0 Å². The Labute approximate surface area is 152 Å². The summed E-state index contributed by atoms with van der Waals surface area (Å²) in [6, 6.07) is 16.7. The van der Waals surface area contributed by atoms with Gasteiger partial charge in [0.25, 0.3) is 5.91 Å². The molecule has 3 unspecified atom stereocenters. The van der Waals surface area contributed by atoms with Gasteiger partial charge in [-0.15, -0.1) is 0 Å². The maximum absolute atomic E-state index is 12.5. The molecule has 2 aromatic carbocycles. The maximum Gasteiger partial charge on any atom is 0.251 e. The SMILES string of the molecule is COc1ccc(Sc2ccc(C(=O)NC3CC4CC3CN4)cc2)cc1. The third-order valence-corrected chi connectivity index (χ3v) is 6.11. The number of carbonyl (C=O) groups is 1. The molecular weight excluding hydrogens is 332 g/mol. The first-order valence-corrected chi connectivity index (χ1v) is 9.49. The number of benzene rings is 2. The third kappa shape index (κ3) is 3.67. The Kier molecular flexibility index (Phi) is 4.68. The minimum atomic E-state index is 0.0403. The van der Waals surface area contributed by atoms with Gasteiger partial charge in [0.05, 0.1) is 7.11 Å². The van der Waals surface area contributed by atoms with E-state index in [1.54, 1.807) is 18.9 Å². The summed E-state index contributed by atoms with van der Waals surface area (Å²) in [5.74, 6) is 1.49. The summed E-state index contributed by atoms with van der Waals surface area (Å²) in [5.41, 5.74) is 0.731. The first-order chi connectivity index (χ1) is 12.2. The van der Waals surface area contributed by atoms with Crippen LogP contribution >= 0.6 is 11.8 Å². The molecule has 25 heavy (non-hydrogen) atoms. The Morgan fingerprint density at radius 2 is 1.76 bits per heavy atom. The fraction of sp³-hybridized carbons (Fsp3) is 0.350. The second-order valence-corrected chi connectivity index (χ2v) is 7.87. The Hall–Kier alpha value is -1.98. The van der Waals surface area contributed by atoms with Crippen LogP contribution in [0.5, 0.6) is 5.75 Å². The van der Waals surface area contributed by atoms with Crippen molar-refractivity contribution in [2.24, 2.45) is 5.92 Å². The normalized spacial score (nSPS) is 24.3. The third-order valence-electron chi connectivity index (χ3n) is 5.09. The first kappa shape index (κ1) is 16.5. The van der Waals surface area contributed by atoms with E-state index in [2.05, 4.69) is 10.6 Å². The van der Waals surface area contributed by atoms with E-state index in [9.17, 15) is 4.79 Å². The number of fused-ring (bicyclic) bond motifs is 2. The molecule has 2 bridgehead atoms. The van der Waals surface area contributed by atoms with E-state index in [0.717, 1.165) is 34.1 Å². The summed E-state index contributed by atoms with van der Waals surface area (Å²) >= 11 is 1.67. The van der Waals surface area contributed by atoms with Crippen LogP contribution in [0.25, 0.3) is 0 Å². The molecule has 0 spiro atoms. The lowest BCUT2D eigenvalue weighted by molar-refractivity contribution is 0.0925. The number of carbonyl (C=O) groups excluding carboxylic acids is 1. The average Bonchev–Trinajstić information content (AvgIpc) is 3.26. The lowest BCUT2D eigenvalue weighted by Gasteiger charge is -2.23. The van der Waals surface area contributed by atoms with Crippen LogP contribution in [-0.4, -0.2) is 31.6 Å². The van der Waals surface area contributed by atoms with Gasteiger partial charge in [-0.05, 0) is 67.3 Å². The zero-order chi connectivity index (χ0) is 17.2. The van der Waals surface area contributed by atoms with E-state index in [1.165, 1.54) is 6.42 Å². The zero-order valence-electron chi connectivity index (χ0n) is 14.2. The quantitative estimate of drug-likeness (QED) is 0.865. The summed E-state index contributed by atoms with van der Waals surface area (Å²) in [5, 5.41) is 6.68. The molecule has 0 aromatic heterocycles. The van der Waals surface area contributed by atoms with Gasteiger partial charge in [0, 0.05) is 34.0 Å². The topological polar surface area (TPSA) is 50.4 Å². The van der Waals surface area contributed by atoms with Crippen molar-refractivity contribution in [1.29, 1.82) is 0 Å². The number of hydrogen-bond acceptors (Lipinski definition) is 4. The van der Waals surface area contributed by atoms with Gasteiger partial charge in [0.15, 0.2) is 0 Å². The van der Waals surface area contributed by atoms with Gasteiger partial charge in [0.1, 0.15) is 5.75 Å². The van der Waals surface area contributed by atoms with Crippen molar-refractivity contribution < 1.29 is 9.53 Å². The largest absolute Gasteiger partial charge is 0.497 e. The summed E-state index contributed by atoms with van der Waals surface area (Å²) in [7, 11) is 1.67. The van der Waals surface area contributed by atoms with E-state index >= 15 is 0 Å². The smallest absolute Gasteiger partial charge is 0.251 e. The molecular formula is C20H22N2O2S. The summed E-state index contributed by atoms with van der Waals surface area (Å²) in [6.07, 6.45) is 2.25. The Bertz CT molecular complexity index is 745. The van der Waals surface area contributed by atoms with Crippen molar-refractivity contribution in [3.63, 3.8) is 0 Å². The molecule has 2 aromatic rings. The summed E-state index contributed by atoms with van der Waals surface area (Å²) in [4.78, 5) is 14.7. The minimum Gasteiger partial charge on any atom is -0.497 e. The highest BCUT2D eigenvalue weighted by Gasteiger charge is 2.39. The molecule has 1 saturated carbocycles. The van der Waals surface area contributed by atoms with Gasteiger partial charge < -0.3 is 15.4 Å². The molecule has 3 atom stereocenters. The summed E-state index contributed by atoms with van der Waals surface area (Å²) in [6.45, 7) is 1.03. The standard InChI is InChI=1S/C20H22N2O2S/c1-24-16-4-8-18(9-5-16)25-17-6-2-13(3-7-17)20(23)22-19-11-15-10-14(19)12-21-15/h2-9,14-15,19,21H,10-12H2,1H3,(H,22,23). The minimum absolute atomic E-state index is 0.0403. The van der Waals surface area contributed by atoms with Crippen LogP contribution in [0.15, 0.2) is 58.3 Å². The molecule has 1 saturated heterocycles. The molecule has 2 fully saturated rings. The van der Waals surface area contributed by atoms with E-state index in [1.807, 2.05) is 48.5 Å². The lowest BCUT2D eigenvalue weighted by atomic mass is 10.0. The number of ether oxygens (including phenoxy) is 1. The number of hydrogen-bond donors (Lipinski definition) is 2. The molecule has 4 rings (SSSR count). The monoisotopic (exact) mass is 354 g/mol. The van der Waals surface area contributed by atoms with Crippen LogP contribution in [0, 0.1) is 5.92 Å². The van der Waals surface area contributed by atoms with Gasteiger partial charge in [-0.3, -0.25) is 4.79 Å². The fourth-order valence-electron chi connectivity index (χ4n) is 3.72. The highest BCUT2D eigenvalue weighted by Crippen LogP contribution is 2.32. The summed E-state index contributed by atoms with van der Waals surface area (Å²) < 4.78 is 5.18. The van der Waals surface area contributed by atoms with E-state index in [0.29, 0.717) is 18.0 Å². The molecule has 2 aliphatic rings. The van der Waals surface area contributed by atoms with Gasteiger partial charge >= 0.3 is 0 Å². The molecule has 130 valence electrons. The van der Waals surface area contributed by atoms with E-state index in [4.69, 9.17) is 4.74 Å². The van der Waals surface area contributed by atoms with Gasteiger partial charge in [0.2, 0.25) is 0 Å². The fourth-order valence-corrected chi connectivity index (χ4v) is 4.53. The molecule has 5 heteroatoms. The van der Waals surface area contributed by atoms with Crippen molar-refractivity contribution in [2.45, 2.75) is 34.7 Å². The predicted octanol–water partition coefficient (Wildman–Crippen LogP) is 3.33. The second kappa shape index (κ2) is 7.10. The number of amides is 1. The Morgan fingerprint density at radius 3 is 2.32 bits per heavy atom. The van der Waals surface area contributed by atoms with Crippen molar-refractivity contribution >= 4 is 17.7 Å². The van der Waals surface area contributed by atoms with Crippen LogP contribution in [-0.2, 0) is 0 Å². The molecule has 0 radical (unpaired) electrons. The van der Waals surface area contributed by atoms with Crippen LogP contribution in [0.1, 0.15) is 23.2 Å². The highest BCUT2D eigenvalue weighted by molar-refractivity contribution is 7.99. The van der Waals surface area contributed by atoms with E-state index < -0.39 is 0 Å². The van der Waals surface area contributed by atoms with Crippen LogP contribution in [0.4, 0.5) is 0 Å². The molecule has 1 aliphatic carbocycles. The van der Waals surface area contributed by atoms with Crippen molar-refractivity contribution in [1.82, 2.24) is 10.6 Å². The van der Waals surface area contributed by atoms with Crippen LogP contribution in [0.3, 0.4) is 0 Å². The Balaban J connectivity index is 1.36. The number of nitrogens with one attached hydrogen (secondary N) is 2. The van der Waals surface area contributed by atoms with E-state index in [-0.39, 0.29) is 5.91 Å². The molecule has 1 aliphatic heterocycles. The van der Waals surface area contributed by atoms with Crippen molar-refractivity contribution in [3.8, 4) is 5.75 Å². The van der Waals surface area contributed by atoms with Gasteiger partial charge in [-0.1, -0.05) is 11.8 Å². The number of rotatable bonds is 5. The zero-order valence-corrected chi connectivity index (χ0v) is 15.0. The highest BCUT2D eigenvalue weighted by atomic mass is 32.2. The van der Waals surface area contributed by atoms with Gasteiger partial charge in [-0.25, -0.2) is 0 Å². The molecule has 2 N–H and O–H groups in total. The average molecular weight is 354 g/mol. The lowest BCUT2D eigenvalue weighted by Crippen LogP contribution is -2.44. The Morgan fingerprint density at radius 1 is 1.08 bits per heavy atom. The van der Waals surface area contributed by atoms with Gasteiger partial charge in [-0.2, -0.15) is 0 Å². The first-order valence-electron chi connectivity index (χ1n) is 8.67. The molecule has 4 nitrogen and oxygen atoms in total. The second-order valence-electron chi connectivity index (χ2n) is 6.72. The van der Waals surface area contributed by atoms with Crippen molar-refractivity contribution in [2.75, 3.05) is 13.7 Å². The number of methoxy groups -OCH3 is 1. The molecule has 1 heterocycles. The van der Waals surface area contributed by atoms with Crippen LogP contribution < -0.4 is 15.4 Å². The number of piperidine rings is 1. The van der Waals surface area contributed by atoms with Crippen molar-refractivity contribution in [3.05, 3.63) is 54.1 Å². The maximum atomic E-state index is 12.5. The molecule has 1 amide bonds. The predicted molar refractivity (Wildman–Crippen MR) is 99.3 cm³/mol.